The van der Waals surface area contributed by atoms with E-state index in [1.165, 1.54) is 6.20 Å². The van der Waals surface area contributed by atoms with Gasteiger partial charge < -0.3 is 10.6 Å². The molecule has 20 heavy (non-hydrogen) atoms. The molecule has 1 saturated heterocycles. The summed E-state index contributed by atoms with van der Waals surface area (Å²) in [7, 11) is 0. The van der Waals surface area contributed by atoms with Crippen LogP contribution in [0, 0.1) is 5.41 Å². The second kappa shape index (κ2) is 5.40. The van der Waals surface area contributed by atoms with Crippen LogP contribution in [0.4, 0.5) is 13.2 Å². The van der Waals surface area contributed by atoms with Crippen molar-refractivity contribution in [3.05, 3.63) is 30.1 Å². The minimum atomic E-state index is -4.56. The van der Waals surface area contributed by atoms with Gasteiger partial charge in [-0.2, -0.15) is 13.2 Å². The van der Waals surface area contributed by atoms with E-state index in [0.29, 0.717) is 5.56 Å². The predicted octanol–water partition coefficient (Wildman–Crippen LogP) is 1.80. The lowest BCUT2D eigenvalue weighted by molar-refractivity contribution is -0.216. The number of carbonyl (C=O) groups excluding carboxylic acids is 1. The second-order valence-electron chi connectivity index (χ2n) is 4.99. The number of alkyl halides is 3. The van der Waals surface area contributed by atoms with Gasteiger partial charge in [-0.25, -0.2) is 0 Å². The van der Waals surface area contributed by atoms with E-state index in [9.17, 15) is 18.0 Å². The van der Waals surface area contributed by atoms with Crippen LogP contribution in [-0.2, 0) is 4.79 Å². The average molecular weight is 287 g/mol. The summed E-state index contributed by atoms with van der Waals surface area (Å²) < 4.78 is 39.6. The molecule has 0 saturated carbocycles. The molecule has 0 bridgehead atoms. The molecule has 0 aromatic carbocycles. The standard InChI is InChI=1S/C13H16F3N3O/c1-9(10-3-2-5-17-7-10)19-11(20)12(13(14,15)16)4-6-18-8-12/h2-3,5,7,9,18H,4,6,8H2,1H3,(H,19,20)/t9-,12?/m1/s1. The van der Waals surface area contributed by atoms with Crippen LogP contribution < -0.4 is 10.6 Å². The molecule has 1 amide bonds. The summed E-state index contributed by atoms with van der Waals surface area (Å²) in [6.07, 6.45) is -1.70. The Balaban J connectivity index is 2.14. The molecular weight excluding hydrogens is 271 g/mol. The quantitative estimate of drug-likeness (QED) is 0.891. The molecule has 0 aliphatic carbocycles. The van der Waals surface area contributed by atoms with Crippen molar-refractivity contribution in [2.45, 2.75) is 25.6 Å². The summed E-state index contributed by atoms with van der Waals surface area (Å²) in [5, 5.41) is 5.07. The Morgan fingerprint density at radius 3 is 2.80 bits per heavy atom. The number of aromatic nitrogens is 1. The van der Waals surface area contributed by atoms with Crippen LogP contribution in [0.5, 0.6) is 0 Å². The molecule has 1 aliphatic heterocycles. The van der Waals surface area contributed by atoms with Crippen LogP contribution in [0.15, 0.2) is 24.5 Å². The molecule has 2 N–H and O–H groups in total. The molecule has 1 aromatic rings. The summed E-state index contributed by atoms with van der Waals surface area (Å²) in [5.41, 5.74) is -1.66. The Morgan fingerprint density at radius 2 is 2.30 bits per heavy atom. The smallest absolute Gasteiger partial charge is 0.349 e. The highest BCUT2D eigenvalue weighted by Gasteiger charge is 2.61. The number of hydrogen-bond acceptors (Lipinski definition) is 3. The molecule has 0 spiro atoms. The number of nitrogens with one attached hydrogen (secondary N) is 2. The third kappa shape index (κ3) is 2.63. The van der Waals surface area contributed by atoms with Gasteiger partial charge in [0.15, 0.2) is 5.41 Å². The van der Waals surface area contributed by atoms with Gasteiger partial charge in [0.1, 0.15) is 0 Å². The molecule has 4 nitrogen and oxygen atoms in total. The van der Waals surface area contributed by atoms with Crippen LogP contribution in [0.25, 0.3) is 0 Å². The Bertz CT molecular complexity index is 469. The number of carbonyl (C=O) groups is 1. The van der Waals surface area contributed by atoms with Crippen LogP contribution >= 0.6 is 0 Å². The van der Waals surface area contributed by atoms with E-state index < -0.39 is 23.5 Å². The number of hydrogen-bond donors (Lipinski definition) is 2. The first-order valence-corrected chi connectivity index (χ1v) is 6.35. The Kier molecular flexibility index (Phi) is 3.99. The molecule has 2 atom stereocenters. The SMILES string of the molecule is C[C@@H](NC(=O)C1(C(F)(F)F)CCNC1)c1cccnc1. The van der Waals surface area contributed by atoms with Gasteiger partial charge in [0, 0.05) is 18.9 Å². The zero-order valence-electron chi connectivity index (χ0n) is 11.0. The fraction of sp³-hybridized carbons (Fsp3) is 0.538. The fourth-order valence-electron chi connectivity index (χ4n) is 2.31. The normalized spacial score (nSPS) is 24.4. The largest absolute Gasteiger partial charge is 0.404 e. The van der Waals surface area contributed by atoms with E-state index in [1.807, 2.05) is 0 Å². The third-order valence-electron chi connectivity index (χ3n) is 3.66. The predicted molar refractivity (Wildman–Crippen MR) is 66.8 cm³/mol. The molecular formula is C13H16F3N3O. The highest BCUT2D eigenvalue weighted by atomic mass is 19.4. The first-order valence-electron chi connectivity index (χ1n) is 6.35. The Hall–Kier alpha value is -1.63. The van der Waals surface area contributed by atoms with Crippen LogP contribution in [0.3, 0.4) is 0 Å². The van der Waals surface area contributed by atoms with E-state index in [4.69, 9.17) is 0 Å². The first-order chi connectivity index (χ1) is 9.37. The number of pyridine rings is 1. The number of nitrogens with zero attached hydrogens (tertiary/aromatic N) is 1. The van der Waals surface area contributed by atoms with E-state index in [2.05, 4.69) is 15.6 Å². The topological polar surface area (TPSA) is 54.0 Å². The molecule has 1 aliphatic rings. The molecule has 110 valence electrons. The van der Waals surface area contributed by atoms with Crippen molar-refractivity contribution in [1.82, 2.24) is 15.6 Å². The maximum absolute atomic E-state index is 13.2. The Labute approximate surface area is 114 Å². The summed E-state index contributed by atoms with van der Waals surface area (Å²) in [4.78, 5) is 16.0. The lowest BCUT2D eigenvalue weighted by atomic mass is 9.85. The van der Waals surface area contributed by atoms with Crippen molar-refractivity contribution in [3.8, 4) is 0 Å². The molecule has 2 heterocycles. The molecule has 0 radical (unpaired) electrons. The molecule has 1 unspecified atom stereocenters. The van der Waals surface area contributed by atoms with Crippen molar-refractivity contribution in [2.24, 2.45) is 5.41 Å². The summed E-state index contributed by atoms with van der Waals surface area (Å²) in [6, 6.07) is 2.87. The summed E-state index contributed by atoms with van der Waals surface area (Å²) >= 11 is 0. The van der Waals surface area contributed by atoms with Crippen LogP contribution in [-0.4, -0.2) is 30.2 Å². The zero-order valence-corrected chi connectivity index (χ0v) is 11.0. The minimum absolute atomic E-state index is 0.189. The Morgan fingerprint density at radius 1 is 1.55 bits per heavy atom. The minimum Gasteiger partial charge on any atom is -0.349 e. The van der Waals surface area contributed by atoms with E-state index in [-0.39, 0.29) is 19.5 Å². The maximum Gasteiger partial charge on any atom is 0.404 e. The summed E-state index contributed by atoms with van der Waals surface area (Å²) in [6.45, 7) is 1.46. The van der Waals surface area contributed by atoms with Gasteiger partial charge in [-0.3, -0.25) is 9.78 Å². The highest BCUT2D eigenvalue weighted by molar-refractivity contribution is 5.84. The fourth-order valence-corrected chi connectivity index (χ4v) is 2.31. The van der Waals surface area contributed by atoms with Gasteiger partial charge in [0.05, 0.1) is 6.04 Å². The van der Waals surface area contributed by atoms with Gasteiger partial charge >= 0.3 is 6.18 Å². The maximum atomic E-state index is 13.2. The lowest BCUT2D eigenvalue weighted by Crippen LogP contribution is -2.52. The summed E-state index contributed by atoms with van der Waals surface area (Å²) in [5.74, 6) is -0.980. The van der Waals surface area contributed by atoms with Crippen molar-refractivity contribution in [1.29, 1.82) is 0 Å². The van der Waals surface area contributed by atoms with Crippen LogP contribution in [0.2, 0.25) is 0 Å². The zero-order chi connectivity index (χ0) is 14.8. The molecule has 1 aromatic heterocycles. The van der Waals surface area contributed by atoms with Gasteiger partial charge in [0.2, 0.25) is 5.91 Å². The highest BCUT2D eigenvalue weighted by Crippen LogP contribution is 2.43. The van der Waals surface area contributed by atoms with E-state index >= 15 is 0 Å². The van der Waals surface area contributed by atoms with E-state index in [1.54, 1.807) is 25.3 Å². The average Bonchev–Trinajstić information content (AvgIpc) is 2.90. The van der Waals surface area contributed by atoms with Crippen LogP contribution in [0.1, 0.15) is 24.9 Å². The van der Waals surface area contributed by atoms with Gasteiger partial charge in [-0.1, -0.05) is 6.07 Å². The van der Waals surface area contributed by atoms with Gasteiger partial charge in [-0.05, 0) is 31.5 Å². The van der Waals surface area contributed by atoms with Crippen molar-refractivity contribution < 1.29 is 18.0 Å². The van der Waals surface area contributed by atoms with Gasteiger partial charge in [0.25, 0.3) is 0 Å². The monoisotopic (exact) mass is 287 g/mol. The number of amides is 1. The first kappa shape index (κ1) is 14.8. The molecule has 2 rings (SSSR count). The third-order valence-corrected chi connectivity index (χ3v) is 3.66. The number of halogens is 3. The lowest BCUT2D eigenvalue weighted by Gasteiger charge is -2.30. The van der Waals surface area contributed by atoms with Crippen molar-refractivity contribution in [3.63, 3.8) is 0 Å². The number of rotatable bonds is 3. The molecule has 1 fully saturated rings. The molecule has 7 heteroatoms. The van der Waals surface area contributed by atoms with Gasteiger partial charge in [-0.15, -0.1) is 0 Å². The van der Waals surface area contributed by atoms with Crippen molar-refractivity contribution in [2.75, 3.05) is 13.1 Å². The van der Waals surface area contributed by atoms with E-state index in [0.717, 1.165) is 0 Å². The van der Waals surface area contributed by atoms with Crippen molar-refractivity contribution >= 4 is 5.91 Å². The second-order valence-corrected chi connectivity index (χ2v) is 4.99.